The molecule has 2 aliphatic rings. The van der Waals surface area contributed by atoms with Crippen molar-refractivity contribution in [1.82, 2.24) is 30.8 Å². The molecule has 2 aromatic heterocycles. The lowest BCUT2D eigenvalue weighted by Crippen LogP contribution is -2.52. The Hall–Kier alpha value is -4.07. The Bertz CT molecular complexity index is 1720. The van der Waals surface area contributed by atoms with Crippen molar-refractivity contribution < 1.29 is 0 Å². The molecule has 0 amide bonds. The highest BCUT2D eigenvalue weighted by molar-refractivity contribution is 6.36. The number of benzene rings is 2. The van der Waals surface area contributed by atoms with E-state index >= 15 is 0 Å². The van der Waals surface area contributed by atoms with Crippen LogP contribution in [0.3, 0.4) is 0 Å². The molecule has 1 saturated heterocycles. The Morgan fingerprint density at radius 3 is 2.50 bits per heavy atom. The molecule has 44 heavy (non-hydrogen) atoms. The van der Waals surface area contributed by atoms with Gasteiger partial charge in [0, 0.05) is 54.3 Å². The van der Waals surface area contributed by atoms with Crippen LogP contribution in [0.4, 0.5) is 17.1 Å². The van der Waals surface area contributed by atoms with Crippen LogP contribution in [0.1, 0.15) is 50.8 Å². The van der Waals surface area contributed by atoms with Gasteiger partial charge in [0.15, 0.2) is 0 Å². The molecule has 2 aromatic carbocycles. The number of rotatable bonds is 7. The van der Waals surface area contributed by atoms with Crippen molar-refractivity contribution in [3.8, 4) is 6.07 Å². The number of nitriles is 1. The molecular weight excluding hydrogens is 593 g/mol. The number of halogens is 2. The Labute approximate surface area is 267 Å². The van der Waals surface area contributed by atoms with Crippen LogP contribution in [-0.4, -0.2) is 44.5 Å². The molecule has 0 unspecified atom stereocenters. The Kier molecular flexibility index (Phi) is 8.52. The zero-order valence-electron chi connectivity index (χ0n) is 24.9. The van der Waals surface area contributed by atoms with Gasteiger partial charge in [-0.3, -0.25) is 19.9 Å². The standard InChI is InChI=1S/C33H35Cl2N9/c1-33(2,3)43-11-9-26(10-12-43)44-20-29(41-42-44)31(21-7-5-4-6-8-21)39-24-14-27-30(40-25-13-23(34)18-37-19-25)22(16-36)17-38-32(27)28(35)15-24/h4-8,13-15,17-20,26,31,39,41-42H,9-12H2,1-3H3,(H,38,40)/t31-/m0/s1. The molecule has 1 fully saturated rings. The Morgan fingerprint density at radius 1 is 1.02 bits per heavy atom. The Balaban J connectivity index is 1.32. The summed E-state index contributed by atoms with van der Waals surface area (Å²) in [7, 11) is 0. The molecule has 0 aliphatic carbocycles. The summed E-state index contributed by atoms with van der Waals surface area (Å²) in [6.45, 7) is 8.96. The van der Waals surface area contributed by atoms with Gasteiger partial charge in [-0.15, -0.1) is 5.53 Å². The highest BCUT2D eigenvalue weighted by Crippen LogP contribution is 2.37. The first kappa shape index (κ1) is 30.0. The van der Waals surface area contributed by atoms with Crippen molar-refractivity contribution >= 4 is 51.2 Å². The fourth-order valence-corrected chi connectivity index (χ4v) is 6.28. The maximum Gasteiger partial charge on any atom is 0.103 e. The third kappa shape index (κ3) is 6.40. The van der Waals surface area contributed by atoms with Crippen LogP contribution in [-0.2, 0) is 0 Å². The quantitative estimate of drug-likeness (QED) is 0.170. The molecule has 11 heteroatoms. The van der Waals surface area contributed by atoms with E-state index in [9.17, 15) is 5.26 Å². The van der Waals surface area contributed by atoms with Crippen LogP contribution in [0.2, 0.25) is 10.0 Å². The molecule has 9 nitrogen and oxygen atoms in total. The van der Waals surface area contributed by atoms with Gasteiger partial charge >= 0.3 is 0 Å². The van der Waals surface area contributed by atoms with Crippen molar-refractivity contribution in [2.45, 2.75) is 51.2 Å². The fraction of sp³-hybridized carbons (Fsp3) is 0.303. The van der Waals surface area contributed by atoms with E-state index in [4.69, 9.17) is 23.2 Å². The number of piperidine rings is 1. The van der Waals surface area contributed by atoms with E-state index in [-0.39, 0.29) is 11.6 Å². The second-order valence-electron chi connectivity index (χ2n) is 12.1. The molecule has 6 rings (SSSR count). The van der Waals surface area contributed by atoms with E-state index in [0.717, 1.165) is 42.9 Å². The molecule has 0 spiro atoms. The minimum Gasteiger partial charge on any atom is -0.373 e. The van der Waals surface area contributed by atoms with Crippen LogP contribution < -0.4 is 21.6 Å². The molecule has 0 radical (unpaired) electrons. The molecule has 0 bridgehead atoms. The molecular formula is C33H35Cl2N9. The van der Waals surface area contributed by atoms with Crippen molar-refractivity contribution in [2.75, 3.05) is 23.7 Å². The van der Waals surface area contributed by atoms with E-state index in [1.165, 1.54) is 6.20 Å². The lowest BCUT2D eigenvalue weighted by molar-refractivity contribution is 0.0570. The van der Waals surface area contributed by atoms with Crippen molar-refractivity contribution in [2.24, 2.45) is 0 Å². The van der Waals surface area contributed by atoms with E-state index in [1.54, 1.807) is 18.5 Å². The van der Waals surface area contributed by atoms with Gasteiger partial charge in [0.2, 0.25) is 0 Å². The molecule has 1 atom stereocenters. The number of aromatic nitrogens is 2. The first-order valence-electron chi connectivity index (χ1n) is 14.7. The third-order valence-corrected chi connectivity index (χ3v) is 8.68. The van der Waals surface area contributed by atoms with Crippen molar-refractivity contribution in [3.63, 3.8) is 0 Å². The number of hydrazine groups is 2. The normalized spacial score (nSPS) is 16.7. The van der Waals surface area contributed by atoms with Gasteiger partial charge in [-0.2, -0.15) is 5.26 Å². The SMILES string of the molecule is CC(C)(C)N1CCC(N2C=C([C@@H](Nc3cc(Cl)c4ncc(C#N)c(Nc5cncc(Cl)c5)c4c3)c3ccccc3)NN2)CC1. The van der Waals surface area contributed by atoms with Crippen LogP contribution in [0.5, 0.6) is 0 Å². The number of anilines is 3. The van der Waals surface area contributed by atoms with Gasteiger partial charge in [-0.1, -0.05) is 53.5 Å². The zero-order chi connectivity index (χ0) is 30.8. The second-order valence-corrected chi connectivity index (χ2v) is 13.0. The smallest absolute Gasteiger partial charge is 0.103 e. The highest BCUT2D eigenvalue weighted by Gasteiger charge is 2.32. The number of hydrogen-bond donors (Lipinski definition) is 4. The average molecular weight is 629 g/mol. The van der Waals surface area contributed by atoms with Gasteiger partial charge in [-0.25, -0.2) is 0 Å². The number of likely N-dealkylation sites (tertiary alicyclic amines) is 1. The minimum absolute atomic E-state index is 0.177. The number of nitrogens with one attached hydrogen (secondary N) is 4. The first-order chi connectivity index (χ1) is 21.2. The van der Waals surface area contributed by atoms with Gasteiger partial charge < -0.3 is 16.1 Å². The number of nitrogens with zero attached hydrogens (tertiary/aromatic N) is 5. The molecule has 4 N–H and O–H groups in total. The van der Waals surface area contributed by atoms with Crippen molar-refractivity contribution in [3.05, 3.63) is 100 Å². The minimum atomic E-state index is -0.211. The highest BCUT2D eigenvalue weighted by atomic mass is 35.5. The Morgan fingerprint density at radius 2 is 1.80 bits per heavy atom. The summed E-state index contributed by atoms with van der Waals surface area (Å²) >= 11 is 13.0. The average Bonchev–Trinajstić information content (AvgIpc) is 3.50. The molecule has 4 heterocycles. The maximum atomic E-state index is 9.92. The largest absolute Gasteiger partial charge is 0.373 e. The maximum absolute atomic E-state index is 9.92. The number of hydrogen-bond acceptors (Lipinski definition) is 9. The summed E-state index contributed by atoms with van der Waals surface area (Å²) in [6, 6.07) is 18.3. The van der Waals surface area contributed by atoms with E-state index in [2.05, 4.69) is 86.6 Å². The van der Waals surface area contributed by atoms with Crippen LogP contribution in [0.15, 0.2) is 79.0 Å². The van der Waals surface area contributed by atoms with Gasteiger partial charge in [0.25, 0.3) is 0 Å². The summed E-state index contributed by atoms with van der Waals surface area (Å²) < 4.78 is 0. The fourth-order valence-electron chi connectivity index (χ4n) is 5.84. The van der Waals surface area contributed by atoms with Crippen LogP contribution >= 0.6 is 23.2 Å². The van der Waals surface area contributed by atoms with Crippen molar-refractivity contribution in [1.29, 1.82) is 5.26 Å². The van der Waals surface area contributed by atoms with Gasteiger partial charge in [0.05, 0.1) is 50.4 Å². The zero-order valence-corrected chi connectivity index (χ0v) is 26.4. The molecule has 0 saturated carbocycles. The van der Waals surface area contributed by atoms with Gasteiger partial charge in [0.1, 0.15) is 6.07 Å². The number of pyridine rings is 2. The second kappa shape index (κ2) is 12.5. The summed E-state index contributed by atoms with van der Waals surface area (Å²) in [4.78, 5) is 11.2. The summed E-state index contributed by atoms with van der Waals surface area (Å²) in [6.07, 6.45) is 9.05. The summed E-state index contributed by atoms with van der Waals surface area (Å²) in [5.41, 5.74) is 12.0. The van der Waals surface area contributed by atoms with Crippen LogP contribution in [0, 0.1) is 11.3 Å². The topological polar surface area (TPSA) is 104 Å². The monoisotopic (exact) mass is 627 g/mol. The van der Waals surface area contributed by atoms with Crippen LogP contribution in [0.25, 0.3) is 10.9 Å². The summed E-state index contributed by atoms with van der Waals surface area (Å²) in [5, 5.41) is 20.8. The summed E-state index contributed by atoms with van der Waals surface area (Å²) in [5.74, 6) is 0. The van der Waals surface area contributed by atoms with E-state index in [1.807, 2.05) is 30.3 Å². The van der Waals surface area contributed by atoms with E-state index < -0.39 is 0 Å². The van der Waals surface area contributed by atoms with Gasteiger partial charge in [-0.05, 0) is 57.4 Å². The predicted molar refractivity (Wildman–Crippen MR) is 177 cm³/mol. The van der Waals surface area contributed by atoms with E-state index in [0.29, 0.717) is 43.9 Å². The molecule has 226 valence electrons. The lowest BCUT2D eigenvalue weighted by Gasteiger charge is -2.42. The number of fused-ring (bicyclic) bond motifs is 1. The first-order valence-corrected chi connectivity index (χ1v) is 15.4. The predicted octanol–water partition coefficient (Wildman–Crippen LogP) is 7.13. The molecule has 2 aliphatic heterocycles. The molecule has 4 aromatic rings. The lowest BCUT2D eigenvalue weighted by atomic mass is 9.98. The third-order valence-electron chi connectivity index (χ3n) is 8.19.